The van der Waals surface area contributed by atoms with Crippen molar-refractivity contribution in [2.75, 3.05) is 27.2 Å². The minimum absolute atomic E-state index is 0.0959. The minimum atomic E-state index is -0.383. The molecule has 0 aliphatic carbocycles. The fourth-order valence-electron chi connectivity index (χ4n) is 3.92. The van der Waals surface area contributed by atoms with Gasteiger partial charge in [0.25, 0.3) is 5.91 Å². The summed E-state index contributed by atoms with van der Waals surface area (Å²) in [5.41, 5.74) is 0.416. The van der Waals surface area contributed by atoms with E-state index in [1.165, 1.54) is 0 Å². The Balaban J connectivity index is 1.87. The summed E-state index contributed by atoms with van der Waals surface area (Å²) < 4.78 is 0. The lowest BCUT2D eigenvalue weighted by Crippen LogP contribution is -2.61. The number of likely N-dealkylation sites (N-methyl/N-ethyl adjacent to an activating group) is 1. The first-order valence-electron chi connectivity index (χ1n) is 9.07. The molecule has 1 aromatic rings. The van der Waals surface area contributed by atoms with Crippen LogP contribution in [0.5, 0.6) is 0 Å². The molecule has 2 saturated heterocycles. The van der Waals surface area contributed by atoms with Crippen molar-refractivity contribution < 1.29 is 9.59 Å². The van der Waals surface area contributed by atoms with Crippen LogP contribution in [-0.4, -0.2) is 76.8 Å². The number of carbonyl (C=O) groups is 2. The van der Waals surface area contributed by atoms with Crippen molar-refractivity contribution in [1.82, 2.24) is 19.7 Å². The zero-order chi connectivity index (χ0) is 18.1. The molecule has 2 fully saturated rings. The average molecular weight is 344 g/mol. The molecule has 0 bridgehead atoms. The molecule has 2 aliphatic rings. The highest BCUT2D eigenvalue weighted by Crippen LogP contribution is 2.30. The maximum absolute atomic E-state index is 13.1. The summed E-state index contributed by atoms with van der Waals surface area (Å²) in [6.45, 7) is 5.55. The number of nitrogens with zero attached hydrogens (tertiary/aromatic N) is 4. The van der Waals surface area contributed by atoms with Crippen LogP contribution in [-0.2, 0) is 4.79 Å². The summed E-state index contributed by atoms with van der Waals surface area (Å²) in [6, 6.07) is 5.42. The van der Waals surface area contributed by atoms with Crippen molar-refractivity contribution in [2.24, 2.45) is 5.92 Å². The number of aromatic nitrogens is 1. The van der Waals surface area contributed by atoms with Gasteiger partial charge in [0.15, 0.2) is 0 Å². The number of amides is 2. The number of fused-ring (bicyclic) bond motifs is 1. The number of pyridine rings is 1. The second kappa shape index (κ2) is 7.12. The van der Waals surface area contributed by atoms with Gasteiger partial charge < -0.3 is 14.7 Å². The van der Waals surface area contributed by atoms with Gasteiger partial charge in [-0.2, -0.15) is 0 Å². The minimum Gasteiger partial charge on any atom is -0.335 e. The molecule has 1 aromatic heterocycles. The zero-order valence-electron chi connectivity index (χ0n) is 15.6. The third kappa shape index (κ3) is 3.54. The number of hydrogen-bond donors (Lipinski definition) is 0. The van der Waals surface area contributed by atoms with Crippen molar-refractivity contribution in [3.63, 3.8) is 0 Å². The van der Waals surface area contributed by atoms with E-state index < -0.39 is 0 Å². The summed E-state index contributed by atoms with van der Waals surface area (Å²) in [7, 11) is 4.10. The Hall–Kier alpha value is -1.95. The van der Waals surface area contributed by atoms with Gasteiger partial charge in [-0.3, -0.25) is 14.6 Å². The third-order valence-corrected chi connectivity index (χ3v) is 5.31. The molecule has 0 saturated carbocycles. The van der Waals surface area contributed by atoms with E-state index in [1.807, 2.05) is 11.0 Å². The lowest BCUT2D eigenvalue weighted by molar-refractivity contribution is -0.142. The van der Waals surface area contributed by atoms with Crippen molar-refractivity contribution in [3.8, 4) is 0 Å². The van der Waals surface area contributed by atoms with Gasteiger partial charge in [-0.05, 0) is 45.0 Å². The van der Waals surface area contributed by atoms with Gasteiger partial charge in [0.2, 0.25) is 5.91 Å². The van der Waals surface area contributed by atoms with Gasteiger partial charge in [0.05, 0.1) is 6.04 Å². The summed E-state index contributed by atoms with van der Waals surface area (Å²) >= 11 is 0. The smallest absolute Gasteiger partial charge is 0.273 e. The van der Waals surface area contributed by atoms with Crippen LogP contribution >= 0.6 is 0 Å². The monoisotopic (exact) mass is 344 g/mol. The average Bonchev–Trinajstić information content (AvgIpc) is 3.02. The second-order valence-corrected chi connectivity index (χ2v) is 7.82. The Kier molecular flexibility index (Phi) is 5.08. The highest BCUT2D eigenvalue weighted by atomic mass is 16.2. The summed E-state index contributed by atoms with van der Waals surface area (Å²) in [4.78, 5) is 36.3. The van der Waals surface area contributed by atoms with E-state index in [-0.39, 0.29) is 23.9 Å². The van der Waals surface area contributed by atoms with Crippen LogP contribution in [0.1, 0.15) is 37.2 Å². The maximum atomic E-state index is 13.1. The quantitative estimate of drug-likeness (QED) is 0.830. The van der Waals surface area contributed by atoms with Crippen LogP contribution in [0, 0.1) is 5.92 Å². The van der Waals surface area contributed by atoms with Crippen LogP contribution in [0.2, 0.25) is 0 Å². The van der Waals surface area contributed by atoms with Gasteiger partial charge in [0, 0.05) is 25.3 Å². The lowest BCUT2D eigenvalue weighted by atomic mass is 9.96. The maximum Gasteiger partial charge on any atom is 0.273 e. The van der Waals surface area contributed by atoms with Gasteiger partial charge in [0.1, 0.15) is 11.7 Å². The first kappa shape index (κ1) is 17.9. The molecule has 3 rings (SSSR count). The predicted molar refractivity (Wildman–Crippen MR) is 96.1 cm³/mol. The molecular formula is C19H28N4O2. The van der Waals surface area contributed by atoms with E-state index in [0.717, 1.165) is 13.0 Å². The zero-order valence-corrected chi connectivity index (χ0v) is 15.6. The van der Waals surface area contributed by atoms with Crippen molar-refractivity contribution >= 4 is 11.8 Å². The highest BCUT2D eigenvalue weighted by molar-refractivity contribution is 5.97. The van der Waals surface area contributed by atoms with Crippen molar-refractivity contribution in [1.29, 1.82) is 0 Å². The Morgan fingerprint density at radius 3 is 2.68 bits per heavy atom. The molecule has 6 nitrogen and oxygen atoms in total. The van der Waals surface area contributed by atoms with E-state index in [9.17, 15) is 9.59 Å². The molecule has 0 unspecified atom stereocenters. The molecule has 136 valence electrons. The van der Waals surface area contributed by atoms with E-state index in [1.54, 1.807) is 23.2 Å². The molecule has 0 radical (unpaired) electrons. The van der Waals surface area contributed by atoms with E-state index in [0.29, 0.717) is 30.6 Å². The molecule has 2 aliphatic heterocycles. The Labute approximate surface area is 149 Å². The second-order valence-electron chi connectivity index (χ2n) is 7.82. The topological polar surface area (TPSA) is 56.8 Å². The van der Waals surface area contributed by atoms with E-state index in [2.05, 4.69) is 37.8 Å². The fraction of sp³-hybridized carbons (Fsp3) is 0.632. The van der Waals surface area contributed by atoms with E-state index >= 15 is 0 Å². The molecular weight excluding hydrogens is 316 g/mol. The molecule has 6 heteroatoms. The van der Waals surface area contributed by atoms with Crippen LogP contribution in [0.25, 0.3) is 0 Å². The Morgan fingerprint density at radius 2 is 2.08 bits per heavy atom. The molecule has 0 N–H and O–H groups in total. The lowest BCUT2D eigenvalue weighted by Gasteiger charge is -2.43. The molecule has 2 amide bonds. The van der Waals surface area contributed by atoms with Gasteiger partial charge in [-0.15, -0.1) is 0 Å². The summed E-state index contributed by atoms with van der Waals surface area (Å²) in [5.74, 6) is 0.308. The molecule has 3 heterocycles. The van der Waals surface area contributed by atoms with E-state index in [4.69, 9.17) is 0 Å². The van der Waals surface area contributed by atoms with Gasteiger partial charge >= 0.3 is 0 Å². The van der Waals surface area contributed by atoms with Crippen LogP contribution < -0.4 is 0 Å². The van der Waals surface area contributed by atoms with Crippen molar-refractivity contribution in [3.05, 3.63) is 30.1 Å². The van der Waals surface area contributed by atoms with Crippen LogP contribution in [0.4, 0.5) is 0 Å². The first-order valence-corrected chi connectivity index (χ1v) is 9.07. The number of carbonyl (C=O) groups excluding carboxylic acids is 2. The standard InChI is InChI=1S/C19H28N4O2/c1-13(2)9-17-19(25)22-11-14(21(3)4)10-15(22)12-23(17)18(24)16-7-5-6-8-20-16/h5-8,13-15,17H,9-12H2,1-4H3/t14-,15-,17-/m0/s1. The molecule has 25 heavy (non-hydrogen) atoms. The molecule has 0 spiro atoms. The largest absolute Gasteiger partial charge is 0.335 e. The number of hydrogen-bond acceptors (Lipinski definition) is 4. The fourth-order valence-corrected chi connectivity index (χ4v) is 3.92. The highest BCUT2D eigenvalue weighted by Gasteiger charge is 2.47. The van der Waals surface area contributed by atoms with Gasteiger partial charge in [-0.25, -0.2) is 0 Å². The SMILES string of the molecule is CC(C)C[C@H]1C(=O)N2C[C@@H](N(C)C)C[C@H]2CN1C(=O)c1ccccn1. The molecule has 0 aromatic carbocycles. The van der Waals surface area contributed by atoms with Crippen LogP contribution in [0.3, 0.4) is 0 Å². The predicted octanol–water partition coefficient (Wildman–Crippen LogP) is 1.48. The third-order valence-electron chi connectivity index (χ3n) is 5.31. The number of rotatable bonds is 4. The number of piperazine rings is 1. The van der Waals surface area contributed by atoms with Crippen molar-refractivity contribution in [2.45, 2.75) is 44.8 Å². The summed E-state index contributed by atoms with van der Waals surface area (Å²) in [5, 5.41) is 0. The normalized spacial score (nSPS) is 26.5. The van der Waals surface area contributed by atoms with Gasteiger partial charge in [-0.1, -0.05) is 19.9 Å². The Morgan fingerprint density at radius 1 is 1.32 bits per heavy atom. The summed E-state index contributed by atoms with van der Waals surface area (Å²) in [6.07, 6.45) is 3.23. The Bertz CT molecular complexity index is 632. The van der Waals surface area contributed by atoms with Crippen LogP contribution in [0.15, 0.2) is 24.4 Å². The molecule has 3 atom stereocenters. The first-order chi connectivity index (χ1) is 11.9.